The third-order valence-corrected chi connectivity index (χ3v) is 5.22. The SMILES string of the molecule is COc1cc(C(=O)NS(=O)(=O)Cc2ccc(F)cc2)cc(OC)c1Br. The van der Waals surface area contributed by atoms with Crippen LogP contribution >= 0.6 is 15.9 Å². The average molecular weight is 432 g/mol. The summed E-state index contributed by atoms with van der Waals surface area (Å²) in [6, 6.07) is 7.74. The van der Waals surface area contributed by atoms with Crippen LogP contribution in [0.25, 0.3) is 0 Å². The van der Waals surface area contributed by atoms with Crippen molar-refractivity contribution in [2.75, 3.05) is 14.2 Å². The van der Waals surface area contributed by atoms with Crippen LogP contribution in [0.1, 0.15) is 15.9 Å². The first kappa shape index (κ1) is 19.2. The molecule has 0 aliphatic rings. The van der Waals surface area contributed by atoms with Crippen LogP contribution in [0, 0.1) is 5.82 Å². The van der Waals surface area contributed by atoms with Gasteiger partial charge in [-0.1, -0.05) is 12.1 Å². The zero-order chi connectivity index (χ0) is 18.6. The van der Waals surface area contributed by atoms with Gasteiger partial charge in [-0.2, -0.15) is 0 Å². The van der Waals surface area contributed by atoms with Crippen molar-refractivity contribution in [3.05, 3.63) is 57.8 Å². The van der Waals surface area contributed by atoms with Crippen molar-refractivity contribution in [2.45, 2.75) is 5.75 Å². The number of nitrogens with one attached hydrogen (secondary N) is 1. The first-order valence-corrected chi connectivity index (χ1v) is 9.41. The lowest BCUT2D eigenvalue weighted by Gasteiger charge is -2.12. The van der Waals surface area contributed by atoms with Gasteiger partial charge in [-0.25, -0.2) is 17.5 Å². The molecule has 0 aliphatic carbocycles. The number of hydrogen-bond donors (Lipinski definition) is 1. The lowest BCUT2D eigenvalue weighted by molar-refractivity contribution is 0.0980. The molecule has 0 aliphatic heterocycles. The molecule has 9 heteroatoms. The molecule has 0 radical (unpaired) electrons. The molecule has 0 unspecified atom stereocenters. The number of carbonyl (C=O) groups is 1. The standard InChI is InChI=1S/C16H15BrFNO5S/c1-23-13-7-11(8-14(24-2)15(13)17)16(20)19-25(21,22)9-10-3-5-12(18)6-4-10/h3-8H,9H2,1-2H3,(H,19,20). The summed E-state index contributed by atoms with van der Waals surface area (Å²) in [5.41, 5.74) is 0.409. The highest BCUT2D eigenvalue weighted by molar-refractivity contribution is 9.10. The molecule has 2 aromatic rings. The molecular weight excluding hydrogens is 417 g/mol. The summed E-state index contributed by atoms with van der Waals surface area (Å²) in [6.07, 6.45) is 0. The molecule has 0 bridgehead atoms. The molecule has 0 fully saturated rings. The minimum absolute atomic E-state index is 0.0552. The van der Waals surface area contributed by atoms with Crippen molar-refractivity contribution in [3.63, 3.8) is 0 Å². The van der Waals surface area contributed by atoms with E-state index in [1.54, 1.807) is 0 Å². The van der Waals surface area contributed by atoms with Gasteiger partial charge >= 0.3 is 0 Å². The Balaban J connectivity index is 2.22. The monoisotopic (exact) mass is 431 g/mol. The van der Waals surface area contributed by atoms with Crippen LogP contribution in [0.2, 0.25) is 0 Å². The highest BCUT2D eigenvalue weighted by atomic mass is 79.9. The van der Waals surface area contributed by atoms with E-state index in [1.807, 2.05) is 4.72 Å². The number of hydrogen-bond acceptors (Lipinski definition) is 5. The number of benzene rings is 2. The molecule has 0 saturated carbocycles. The fourth-order valence-corrected chi connectivity index (χ4v) is 3.69. The van der Waals surface area contributed by atoms with Crippen molar-refractivity contribution in [1.29, 1.82) is 0 Å². The second-order valence-corrected chi connectivity index (χ2v) is 7.53. The van der Waals surface area contributed by atoms with Crippen LogP contribution < -0.4 is 14.2 Å². The predicted octanol–water partition coefficient (Wildman–Crippen LogP) is 2.87. The van der Waals surface area contributed by atoms with E-state index in [9.17, 15) is 17.6 Å². The van der Waals surface area contributed by atoms with Gasteiger partial charge in [0.25, 0.3) is 5.91 Å². The van der Waals surface area contributed by atoms with E-state index in [2.05, 4.69) is 15.9 Å². The molecule has 6 nitrogen and oxygen atoms in total. The Hall–Kier alpha value is -2.13. The van der Waals surface area contributed by atoms with Gasteiger partial charge in [-0.15, -0.1) is 0 Å². The lowest BCUT2D eigenvalue weighted by Crippen LogP contribution is -2.31. The van der Waals surface area contributed by atoms with Gasteiger partial charge in [-0.3, -0.25) is 4.79 Å². The number of methoxy groups -OCH3 is 2. The van der Waals surface area contributed by atoms with Crippen molar-refractivity contribution in [2.24, 2.45) is 0 Å². The van der Waals surface area contributed by atoms with E-state index >= 15 is 0 Å². The fraction of sp³-hybridized carbons (Fsp3) is 0.188. The summed E-state index contributed by atoms with van der Waals surface area (Å²) in [6.45, 7) is 0. The number of halogens is 2. The number of rotatable bonds is 6. The Morgan fingerprint density at radius 3 is 2.12 bits per heavy atom. The summed E-state index contributed by atoms with van der Waals surface area (Å²) in [4.78, 5) is 12.3. The number of sulfonamides is 1. The second-order valence-electron chi connectivity index (χ2n) is 5.01. The second kappa shape index (κ2) is 7.83. The normalized spacial score (nSPS) is 11.0. The van der Waals surface area contributed by atoms with Gasteiger partial charge in [0, 0.05) is 5.56 Å². The van der Waals surface area contributed by atoms with E-state index in [0.717, 1.165) is 12.1 Å². The van der Waals surface area contributed by atoms with Crippen molar-refractivity contribution >= 4 is 31.9 Å². The average Bonchev–Trinajstić information content (AvgIpc) is 2.56. The van der Waals surface area contributed by atoms with E-state index in [-0.39, 0.29) is 5.56 Å². The van der Waals surface area contributed by atoms with Crippen LogP contribution in [-0.2, 0) is 15.8 Å². The third-order valence-electron chi connectivity index (χ3n) is 3.23. The van der Waals surface area contributed by atoms with Crippen LogP contribution in [0.15, 0.2) is 40.9 Å². The maximum absolute atomic E-state index is 12.9. The molecule has 25 heavy (non-hydrogen) atoms. The third kappa shape index (κ3) is 4.93. The van der Waals surface area contributed by atoms with Crippen LogP contribution in [0.4, 0.5) is 4.39 Å². The van der Waals surface area contributed by atoms with Gasteiger partial charge in [0.1, 0.15) is 21.8 Å². The Morgan fingerprint density at radius 1 is 1.12 bits per heavy atom. The van der Waals surface area contributed by atoms with Gasteiger partial charge in [0.2, 0.25) is 10.0 Å². The van der Waals surface area contributed by atoms with Crippen molar-refractivity contribution in [3.8, 4) is 11.5 Å². The summed E-state index contributed by atoms with van der Waals surface area (Å²) in [5.74, 6) is -1.12. The van der Waals surface area contributed by atoms with Crippen LogP contribution in [-0.4, -0.2) is 28.5 Å². The summed E-state index contributed by atoms with van der Waals surface area (Å²) in [5, 5.41) is 0. The first-order valence-electron chi connectivity index (χ1n) is 6.96. The lowest BCUT2D eigenvalue weighted by atomic mass is 10.2. The highest BCUT2D eigenvalue weighted by Gasteiger charge is 2.20. The number of ether oxygens (including phenoxy) is 2. The Labute approximate surface area is 153 Å². The van der Waals surface area contributed by atoms with Gasteiger partial charge in [-0.05, 0) is 45.8 Å². The predicted molar refractivity (Wildman–Crippen MR) is 93.7 cm³/mol. The minimum atomic E-state index is -3.96. The molecule has 2 rings (SSSR count). The van der Waals surface area contributed by atoms with E-state index in [1.165, 1.54) is 38.5 Å². The quantitative estimate of drug-likeness (QED) is 0.760. The van der Waals surface area contributed by atoms with E-state index in [0.29, 0.717) is 21.5 Å². The summed E-state index contributed by atoms with van der Waals surface area (Å²) >= 11 is 3.27. The summed E-state index contributed by atoms with van der Waals surface area (Å²) in [7, 11) is -1.14. The fourth-order valence-electron chi connectivity index (χ4n) is 2.04. The number of amides is 1. The van der Waals surface area contributed by atoms with Crippen molar-refractivity contribution in [1.82, 2.24) is 4.72 Å². The molecule has 0 atom stereocenters. The zero-order valence-electron chi connectivity index (χ0n) is 13.4. The van der Waals surface area contributed by atoms with Gasteiger partial charge < -0.3 is 9.47 Å². The maximum Gasteiger partial charge on any atom is 0.265 e. The zero-order valence-corrected chi connectivity index (χ0v) is 15.8. The molecule has 0 heterocycles. The molecule has 0 saturated heterocycles. The minimum Gasteiger partial charge on any atom is -0.495 e. The van der Waals surface area contributed by atoms with E-state index in [4.69, 9.17) is 9.47 Å². The summed E-state index contributed by atoms with van der Waals surface area (Å²) < 4.78 is 49.9. The first-order chi connectivity index (χ1) is 11.8. The molecular formula is C16H15BrFNO5S. The van der Waals surface area contributed by atoms with E-state index < -0.39 is 27.5 Å². The molecule has 0 spiro atoms. The smallest absolute Gasteiger partial charge is 0.265 e. The number of carbonyl (C=O) groups excluding carboxylic acids is 1. The van der Waals surface area contributed by atoms with Gasteiger partial charge in [0.05, 0.1) is 20.0 Å². The molecule has 1 N–H and O–H groups in total. The molecule has 1 amide bonds. The van der Waals surface area contributed by atoms with Gasteiger partial charge in [0.15, 0.2) is 0 Å². The largest absolute Gasteiger partial charge is 0.495 e. The Morgan fingerprint density at radius 2 is 1.64 bits per heavy atom. The molecule has 134 valence electrons. The molecule has 0 aromatic heterocycles. The maximum atomic E-state index is 12.9. The molecule has 2 aromatic carbocycles. The van der Waals surface area contributed by atoms with Crippen molar-refractivity contribution < 1.29 is 27.1 Å². The Kier molecular flexibility index (Phi) is 6.02. The highest BCUT2D eigenvalue weighted by Crippen LogP contribution is 2.35. The topological polar surface area (TPSA) is 81.7 Å². The Bertz CT molecular complexity index is 859. The van der Waals surface area contributed by atoms with Crippen LogP contribution in [0.3, 0.4) is 0 Å². The van der Waals surface area contributed by atoms with Crippen LogP contribution in [0.5, 0.6) is 11.5 Å².